The molecule has 2 atom stereocenters. The summed E-state index contributed by atoms with van der Waals surface area (Å²) in [4.78, 5) is 12.9. The molecular weight excluding hydrogens is 282 g/mol. The Bertz CT molecular complexity index is 596. The van der Waals surface area contributed by atoms with Gasteiger partial charge in [-0.15, -0.1) is 0 Å². The summed E-state index contributed by atoms with van der Waals surface area (Å²) in [5.74, 6) is -0.999. The fourth-order valence-corrected chi connectivity index (χ4v) is 4.30. The van der Waals surface area contributed by atoms with Gasteiger partial charge in [0.2, 0.25) is 0 Å². The van der Waals surface area contributed by atoms with Crippen molar-refractivity contribution >= 4 is 15.8 Å². The lowest BCUT2D eigenvalue weighted by Gasteiger charge is -2.38. The molecule has 2 rings (SSSR count). The number of carboxylic acid groups (broad SMARTS) is 1. The summed E-state index contributed by atoms with van der Waals surface area (Å²) in [7, 11) is -1.33. The van der Waals surface area contributed by atoms with Crippen LogP contribution in [-0.4, -0.2) is 58.3 Å². The zero-order chi connectivity index (χ0) is 14.9. The van der Waals surface area contributed by atoms with Gasteiger partial charge in [-0.05, 0) is 13.0 Å². The second-order valence-corrected chi connectivity index (χ2v) is 7.39. The Morgan fingerprint density at radius 3 is 2.85 bits per heavy atom. The average molecular weight is 301 g/mol. The van der Waals surface area contributed by atoms with Crippen LogP contribution < -0.4 is 0 Å². The van der Waals surface area contributed by atoms with Crippen molar-refractivity contribution in [2.24, 2.45) is 7.05 Å². The molecule has 1 aliphatic rings. The van der Waals surface area contributed by atoms with Gasteiger partial charge in [-0.2, -0.15) is 5.10 Å². The molecule has 1 saturated heterocycles. The van der Waals surface area contributed by atoms with E-state index in [1.165, 1.54) is 0 Å². The Hall–Kier alpha value is -1.41. The molecule has 0 amide bonds. The van der Waals surface area contributed by atoms with E-state index in [4.69, 9.17) is 5.11 Å². The molecule has 112 valence electrons. The van der Waals surface area contributed by atoms with Crippen molar-refractivity contribution in [2.45, 2.75) is 25.4 Å². The Labute approximate surface area is 118 Å². The summed E-state index contributed by atoms with van der Waals surface area (Å²) < 4.78 is 25.2. The molecule has 1 aromatic rings. The van der Waals surface area contributed by atoms with Gasteiger partial charge in [0, 0.05) is 31.9 Å². The molecule has 1 aromatic heterocycles. The first-order valence-electron chi connectivity index (χ1n) is 6.46. The quantitative estimate of drug-likeness (QED) is 0.845. The van der Waals surface area contributed by atoms with E-state index in [0.29, 0.717) is 6.54 Å². The number of sulfone groups is 1. The molecule has 0 saturated carbocycles. The minimum absolute atomic E-state index is 0.0673. The van der Waals surface area contributed by atoms with Gasteiger partial charge in [0.05, 0.1) is 23.6 Å². The third-order valence-electron chi connectivity index (χ3n) is 3.77. The van der Waals surface area contributed by atoms with E-state index in [1.807, 2.05) is 24.9 Å². The first-order valence-corrected chi connectivity index (χ1v) is 8.28. The Balaban J connectivity index is 2.24. The highest BCUT2D eigenvalue weighted by Gasteiger charge is 2.36. The standard InChI is InChI=1S/C12H19N3O4S/c1-9(11-3-4-13-14(11)2)15-5-6-20(18,19)8-10(15)7-12(16)17/h3-4,9-10H,5-8H2,1-2H3,(H,16,17). The third kappa shape index (κ3) is 3.18. The summed E-state index contributed by atoms with van der Waals surface area (Å²) in [5.41, 5.74) is 0.944. The highest BCUT2D eigenvalue weighted by atomic mass is 32.2. The summed E-state index contributed by atoms with van der Waals surface area (Å²) in [5, 5.41) is 13.1. The number of aromatic nitrogens is 2. The van der Waals surface area contributed by atoms with Crippen LogP contribution in [0.4, 0.5) is 0 Å². The normalized spacial score (nSPS) is 24.4. The zero-order valence-electron chi connectivity index (χ0n) is 11.6. The fourth-order valence-electron chi connectivity index (χ4n) is 2.75. The molecular formula is C12H19N3O4S. The van der Waals surface area contributed by atoms with Gasteiger partial charge in [-0.3, -0.25) is 14.4 Å². The number of aryl methyl sites for hydroxylation is 1. The predicted molar refractivity (Wildman–Crippen MR) is 73.0 cm³/mol. The lowest BCUT2D eigenvalue weighted by Crippen LogP contribution is -2.50. The van der Waals surface area contributed by atoms with Crippen molar-refractivity contribution in [3.8, 4) is 0 Å². The molecule has 0 radical (unpaired) electrons. The van der Waals surface area contributed by atoms with Crippen molar-refractivity contribution in [2.75, 3.05) is 18.1 Å². The van der Waals surface area contributed by atoms with E-state index in [1.54, 1.807) is 10.9 Å². The van der Waals surface area contributed by atoms with Crippen LogP contribution in [0.25, 0.3) is 0 Å². The monoisotopic (exact) mass is 301 g/mol. The SMILES string of the molecule is CC(c1ccnn1C)N1CCS(=O)(=O)CC1CC(=O)O. The topological polar surface area (TPSA) is 92.5 Å². The molecule has 0 spiro atoms. The number of nitrogens with zero attached hydrogens (tertiary/aromatic N) is 3. The Morgan fingerprint density at radius 2 is 2.30 bits per heavy atom. The zero-order valence-corrected chi connectivity index (χ0v) is 12.4. The second kappa shape index (κ2) is 5.53. The molecule has 1 fully saturated rings. The highest BCUT2D eigenvalue weighted by Crippen LogP contribution is 2.26. The molecule has 1 aliphatic heterocycles. The van der Waals surface area contributed by atoms with Gasteiger partial charge in [0.1, 0.15) is 0 Å². The largest absolute Gasteiger partial charge is 0.481 e. The predicted octanol–water partition coefficient (Wildman–Crippen LogP) is 0.0548. The van der Waals surface area contributed by atoms with Crippen LogP contribution in [0.1, 0.15) is 25.1 Å². The van der Waals surface area contributed by atoms with E-state index < -0.39 is 21.8 Å². The van der Waals surface area contributed by atoms with E-state index >= 15 is 0 Å². The van der Waals surface area contributed by atoms with Crippen molar-refractivity contribution in [1.29, 1.82) is 0 Å². The van der Waals surface area contributed by atoms with Crippen LogP contribution >= 0.6 is 0 Å². The Morgan fingerprint density at radius 1 is 1.60 bits per heavy atom. The minimum atomic E-state index is -3.15. The van der Waals surface area contributed by atoms with Crippen LogP contribution in [0.2, 0.25) is 0 Å². The third-order valence-corrected chi connectivity index (χ3v) is 5.47. The lowest BCUT2D eigenvalue weighted by molar-refractivity contribution is -0.138. The second-order valence-electron chi connectivity index (χ2n) is 5.16. The van der Waals surface area contributed by atoms with E-state index in [2.05, 4.69) is 5.10 Å². The number of aliphatic carboxylic acids is 1. The molecule has 7 nitrogen and oxygen atoms in total. The van der Waals surface area contributed by atoms with Crippen LogP contribution in [0.5, 0.6) is 0 Å². The van der Waals surface area contributed by atoms with Gasteiger partial charge < -0.3 is 5.11 Å². The van der Waals surface area contributed by atoms with Gasteiger partial charge in [-0.25, -0.2) is 8.42 Å². The first-order chi connectivity index (χ1) is 9.30. The highest BCUT2D eigenvalue weighted by molar-refractivity contribution is 7.91. The average Bonchev–Trinajstić information content (AvgIpc) is 2.73. The summed E-state index contributed by atoms with van der Waals surface area (Å²) in [6.07, 6.45) is 1.51. The van der Waals surface area contributed by atoms with E-state index in [9.17, 15) is 13.2 Å². The molecule has 8 heteroatoms. The lowest BCUT2D eigenvalue weighted by atomic mass is 10.1. The van der Waals surface area contributed by atoms with Crippen molar-refractivity contribution < 1.29 is 18.3 Å². The van der Waals surface area contributed by atoms with E-state index in [-0.39, 0.29) is 24.0 Å². The minimum Gasteiger partial charge on any atom is -0.481 e. The number of rotatable bonds is 4. The van der Waals surface area contributed by atoms with Crippen LogP contribution in [0.3, 0.4) is 0 Å². The maximum Gasteiger partial charge on any atom is 0.304 e. The van der Waals surface area contributed by atoms with Crippen molar-refractivity contribution in [1.82, 2.24) is 14.7 Å². The number of hydrogen-bond acceptors (Lipinski definition) is 5. The number of carboxylic acids is 1. The van der Waals surface area contributed by atoms with Gasteiger partial charge in [0.25, 0.3) is 0 Å². The van der Waals surface area contributed by atoms with Gasteiger partial charge >= 0.3 is 5.97 Å². The maximum atomic E-state index is 11.7. The number of carbonyl (C=O) groups is 1. The van der Waals surface area contributed by atoms with Crippen LogP contribution in [0.15, 0.2) is 12.3 Å². The van der Waals surface area contributed by atoms with E-state index in [0.717, 1.165) is 5.69 Å². The van der Waals surface area contributed by atoms with Gasteiger partial charge in [-0.1, -0.05) is 0 Å². The Kier molecular flexibility index (Phi) is 4.14. The fraction of sp³-hybridized carbons (Fsp3) is 0.667. The molecule has 0 aliphatic carbocycles. The maximum absolute atomic E-state index is 11.7. The van der Waals surface area contributed by atoms with Crippen molar-refractivity contribution in [3.05, 3.63) is 18.0 Å². The first kappa shape index (κ1) is 15.0. The molecule has 0 aromatic carbocycles. The molecule has 2 unspecified atom stereocenters. The summed E-state index contributed by atoms with van der Waals surface area (Å²) in [6, 6.07) is 1.31. The smallest absolute Gasteiger partial charge is 0.304 e. The van der Waals surface area contributed by atoms with Crippen molar-refractivity contribution in [3.63, 3.8) is 0 Å². The van der Waals surface area contributed by atoms with Gasteiger partial charge in [0.15, 0.2) is 9.84 Å². The van der Waals surface area contributed by atoms with Crippen LogP contribution in [0, 0.1) is 0 Å². The number of hydrogen-bond donors (Lipinski definition) is 1. The molecule has 20 heavy (non-hydrogen) atoms. The van der Waals surface area contributed by atoms with Crippen LogP contribution in [-0.2, 0) is 21.7 Å². The molecule has 0 bridgehead atoms. The summed E-state index contributed by atoms with van der Waals surface area (Å²) >= 11 is 0. The molecule has 2 heterocycles. The molecule has 1 N–H and O–H groups in total. The summed E-state index contributed by atoms with van der Waals surface area (Å²) in [6.45, 7) is 2.30.